The molecule has 106 valence electrons. The van der Waals surface area contributed by atoms with Gasteiger partial charge in [-0.05, 0) is 37.5 Å². The molecule has 1 aliphatic rings. The van der Waals surface area contributed by atoms with Crippen molar-refractivity contribution in [3.05, 3.63) is 23.8 Å². The summed E-state index contributed by atoms with van der Waals surface area (Å²) in [6, 6.07) is 6.64. The van der Waals surface area contributed by atoms with E-state index in [1.54, 1.807) is 14.2 Å². The minimum Gasteiger partial charge on any atom is -0.493 e. The molecule has 0 saturated heterocycles. The first-order valence-electron chi connectivity index (χ1n) is 6.82. The van der Waals surface area contributed by atoms with E-state index in [9.17, 15) is 0 Å². The van der Waals surface area contributed by atoms with E-state index in [0.717, 1.165) is 30.9 Å². The fourth-order valence-electron chi connectivity index (χ4n) is 2.29. The molecule has 4 nitrogen and oxygen atoms in total. The van der Waals surface area contributed by atoms with Crippen LogP contribution in [0.3, 0.4) is 0 Å². The van der Waals surface area contributed by atoms with Crippen LogP contribution in [0.15, 0.2) is 18.2 Å². The summed E-state index contributed by atoms with van der Waals surface area (Å²) in [6.07, 6.45) is 2.64. The van der Waals surface area contributed by atoms with Crippen molar-refractivity contribution in [1.29, 1.82) is 0 Å². The lowest BCUT2D eigenvalue weighted by Crippen LogP contribution is -2.44. The Hall–Kier alpha value is -1.26. The van der Waals surface area contributed by atoms with Gasteiger partial charge in [-0.15, -0.1) is 0 Å². The van der Waals surface area contributed by atoms with Crippen molar-refractivity contribution in [3.8, 4) is 11.5 Å². The van der Waals surface area contributed by atoms with Crippen molar-refractivity contribution >= 4 is 0 Å². The number of rotatable bonds is 7. The average Bonchev–Trinajstić information content (AvgIpc) is 2.38. The fraction of sp³-hybridized carbons (Fsp3) is 0.600. The van der Waals surface area contributed by atoms with Crippen molar-refractivity contribution < 1.29 is 14.2 Å². The molecule has 19 heavy (non-hydrogen) atoms. The highest BCUT2D eigenvalue weighted by Gasteiger charge is 2.28. The summed E-state index contributed by atoms with van der Waals surface area (Å²) in [7, 11) is 3.44. The molecule has 0 aliphatic heterocycles. The molecule has 0 bridgehead atoms. The van der Waals surface area contributed by atoms with Crippen LogP contribution in [-0.2, 0) is 11.3 Å². The first kappa shape index (κ1) is 14.2. The Balaban J connectivity index is 1.88. The van der Waals surface area contributed by atoms with Crippen LogP contribution in [0.25, 0.3) is 0 Å². The molecule has 0 radical (unpaired) electrons. The topological polar surface area (TPSA) is 39.7 Å². The molecule has 1 aromatic carbocycles. The largest absolute Gasteiger partial charge is 0.493 e. The summed E-state index contributed by atoms with van der Waals surface area (Å²) >= 11 is 0. The third-order valence-electron chi connectivity index (χ3n) is 3.55. The molecule has 4 heteroatoms. The van der Waals surface area contributed by atoms with Crippen molar-refractivity contribution in [2.75, 3.05) is 20.8 Å². The summed E-state index contributed by atoms with van der Waals surface area (Å²) in [5.41, 5.74) is 1.21. The zero-order valence-electron chi connectivity index (χ0n) is 11.9. The number of nitrogens with one attached hydrogen (secondary N) is 1. The van der Waals surface area contributed by atoms with E-state index in [4.69, 9.17) is 14.2 Å². The van der Waals surface area contributed by atoms with E-state index in [1.165, 1.54) is 5.56 Å². The third kappa shape index (κ3) is 3.61. The number of ether oxygens (including phenoxy) is 3. The zero-order valence-corrected chi connectivity index (χ0v) is 11.9. The Morgan fingerprint density at radius 2 is 2.00 bits per heavy atom. The predicted molar refractivity (Wildman–Crippen MR) is 74.8 cm³/mol. The van der Waals surface area contributed by atoms with Gasteiger partial charge >= 0.3 is 0 Å². The quantitative estimate of drug-likeness (QED) is 0.821. The van der Waals surface area contributed by atoms with Crippen LogP contribution < -0.4 is 14.8 Å². The van der Waals surface area contributed by atoms with E-state index in [0.29, 0.717) is 18.8 Å². The number of hydrogen-bond donors (Lipinski definition) is 1. The first-order chi connectivity index (χ1) is 9.26. The molecule has 1 aromatic rings. The molecule has 0 atom stereocenters. The molecule has 1 fully saturated rings. The molecule has 0 spiro atoms. The zero-order chi connectivity index (χ0) is 13.7. The Kier molecular flexibility index (Phi) is 5.05. The van der Waals surface area contributed by atoms with Crippen molar-refractivity contribution in [2.24, 2.45) is 0 Å². The number of methoxy groups -OCH3 is 2. The number of hydrogen-bond acceptors (Lipinski definition) is 4. The third-order valence-corrected chi connectivity index (χ3v) is 3.55. The van der Waals surface area contributed by atoms with Gasteiger partial charge in [0.25, 0.3) is 0 Å². The second kappa shape index (κ2) is 6.78. The van der Waals surface area contributed by atoms with Gasteiger partial charge in [0.2, 0.25) is 0 Å². The SMILES string of the molecule is CCOc1cc(CNC2CC(OC)C2)ccc1OC. The van der Waals surface area contributed by atoms with Gasteiger partial charge in [-0.3, -0.25) is 0 Å². The van der Waals surface area contributed by atoms with Gasteiger partial charge < -0.3 is 19.5 Å². The second-order valence-corrected chi connectivity index (χ2v) is 4.83. The average molecular weight is 265 g/mol. The van der Waals surface area contributed by atoms with E-state index in [1.807, 2.05) is 19.1 Å². The highest BCUT2D eigenvalue weighted by Crippen LogP contribution is 2.28. The van der Waals surface area contributed by atoms with Crippen LogP contribution in [0, 0.1) is 0 Å². The van der Waals surface area contributed by atoms with E-state index in [2.05, 4.69) is 11.4 Å². The minimum absolute atomic E-state index is 0.437. The highest BCUT2D eigenvalue weighted by atomic mass is 16.5. The fourth-order valence-corrected chi connectivity index (χ4v) is 2.29. The maximum atomic E-state index is 5.58. The van der Waals surface area contributed by atoms with Gasteiger partial charge in [0, 0.05) is 19.7 Å². The van der Waals surface area contributed by atoms with Crippen LogP contribution in [0.2, 0.25) is 0 Å². The lowest BCUT2D eigenvalue weighted by molar-refractivity contribution is 0.0170. The van der Waals surface area contributed by atoms with Gasteiger partial charge in [0.15, 0.2) is 11.5 Å². The molecule has 1 saturated carbocycles. The molecule has 0 heterocycles. The van der Waals surface area contributed by atoms with E-state index in [-0.39, 0.29) is 0 Å². The molecular weight excluding hydrogens is 242 g/mol. The van der Waals surface area contributed by atoms with Gasteiger partial charge in [-0.25, -0.2) is 0 Å². The molecular formula is C15H23NO3. The van der Waals surface area contributed by atoms with Crippen LogP contribution in [0.5, 0.6) is 11.5 Å². The van der Waals surface area contributed by atoms with Crippen molar-refractivity contribution in [3.63, 3.8) is 0 Å². The van der Waals surface area contributed by atoms with Gasteiger partial charge in [-0.2, -0.15) is 0 Å². The smallest absolute Gasteiger partial charge is 0.161 e. The van der Waals surface area contributed by atoms with Crippen LogP contribution in [0.1, 0.15) is 25.3 Å². The van der Waals surface area contributed by atoms with Crippen LogP contribution in [0.4, 0.5) is 0 Å². The summed E-state index contributed by atoms with van der Waals surface area (Å²) < 4.78 is 16.1. The van der Waals surface area contributed by atoms with Gasteiger partial charge in [0.1, 0.15) is 0 Å². The highest BCUT2D eigenvalue weighted by molar-refractivity contribution is 5.42. The second-order valence-electron chi connectivity index (χ2n) is 4.83. The molecule has 1 N–H and O–H groups in total. The maximum absolute atomic E-state index is 5.58. The first-order valence-corrected chi connectivity index (χ1v) is 6.82. The lowest BCUT2D eigenvalue weighted by atomic mass is 9.89. The maximum Gasteiger partial charge on any atom is 0.161 e. The number of benzene rings is 1. The van der Waals surface area contributed by atoms with Gasteiger partial charge in [0.05, 0.1) is 19.8 Å². The Morgan fingerprint density at radius 1 is 1.21 bits per heavy atom. The monoisotopic (exact) mass is 265 g/mol. The van der Waals surface area contributed by atoms with Gasteiger partial charge in [-0.1, -0.05) is 6.07 Å². The Morgan fingerprint density at radius 3 is 2.63 bits per heavy atom. The minimum atomic E-state index is 0.437. The Labute approximate surface area is 115 Å². The molecule has 1 aliphatic carbocycles. The molecule has 2 rings (SSSR count). The molecule has 0 unspecified atom stereocenters. The summed E-state index contributed by atoms with van der Waals surface area (Å²) in [5.74, 6) is 1.60. The lowest BCUT2D eigenvalue weighted by Gasteiger charge is -2.34. The summed E-state index contributed by atoms with van der Waals surface area (Å²) in [5, 5.41) is 3.53. The predicted octanol–water partition coefficient (Wildman–Crippen LogP) is 2.36. The molecule has 0 amide bonds. The summed E-state index contributed by atoms with van der Waals surface area (Å²) in [4.78, 5) is 0. The van der Waals surface area contributed by atoms with Crippen molar-refractivity contribution in [2.45, 2.75) is 38.5 Å². The summed E-state index contributed by atoms with van der Waals surface area (Å²) in [6.45, 7) is 3.47. The van der Waals surface area contributed by atoms with Crippen molar-refractivity contribution in [1.82, 2.24) is 5.32 Å². The molecule has 0 aromatic heterocycles. The van der Waals surface area contributed by atoms with E-state index < -0.39 is 0 Å². The normalized spacial score (nSPS) is 21.8. The van der Waals surface area contributed by atoms with E-state index >= 15 is 0 Å². The van der Waals surface area contributed by atoms with Crippen LogP contribution >= 0.6 is 0 Å². The Bertz CT molecular complexity index is 402. The van der Waals surface area contributed by atoms with Crippen LogP contribution in [-0.4, -0.2) is 33.0 Å². The standard InChI is InChI=1S/C15H23NO3/c1-4-19-15-7-11(5-6-14(15)18-3)10-16-12-8-13(9-12)17-2/h5-7,12-13,16H,4,8-10H2,1-3H3.